The normalized spacial score (nSPS) is 16.4. The molecule has 0 unspecified atom stereocenters. The fourth-order valence-electron chi connectivity index (χ4n) is 1.63. The number of amides is 1. The van der Waals surface area contributed by atoms with Gasteiger partial charge in [0.15, 0.2) is 0 Å². The molecule has 0 bridgehead atoms. The molecule has 120 valence electrons. The second kappa shape index (κ2) is 8.19. The van der Waals surface area contributed by atoms with Gasteiger partial charge >= 0.3 is 37.4 Å². The number of rotatable bonds is 4. The molecule has 2 rings (SSSR count). The summed E-state index contributed by atoms with van der Waals surface area (Å²) in [6, 6.07) is 0. The summed E-state index contributed by atoms with van der Waals surface area (Å²) in [5.41, 5.74) is 0.728. The molecule has 8 nitrogen and oxygen atoms in total. The fraction of sp³-hybridized carbons (Fsp3) is 0.182. The zero-order valence-corrected chi connectivity index (χ0v) is 13.7. The molecule has 0 atom stereocenters. The zero-order valence-electron chi connectivity index (χ0n) is 11.1. The van der Waals surface area contributed by atoms with Crippen LogP contribution in [-0.4, -0.2) is 59.7 Å². The first kappa shape index (κ1) is 20.8. The van der Waals surface area contributed by atoms with Gasteiger partial charge in [-0.2, -0.15) is 0 Å². The molecule has 1 aromatic heterocycles. The van der Waals surface area contributed by atoms with E-state index in [1.54, 1.807) is 6.92 Å². The molecule has 1 aromatic rings. The Morgan fingerprint density at radius 1 is 1.52 bits per heavy atom. The molecule has 1 saturated heterocycles. The van der Waals surface area contributed by atoms with E-state index in [1.807, 2.05) is 0 Å². The Bertz CT molecular complexity index is 735. The Morgan fingerprint density at radius 3 is 2.70 bits per heavy atom. The topological polar surface area (TPSA) is 129 Å². The van der Waals surface area contributed by atoms with Gasteiger partial charge in [-0.25, -0.2) is 4.57 Å². The van der Waals surface area contributed by atoms with Gasteiger partial charge in [0.05, 0.1) is 17.2 Å². The molecule has 0 radical (unpaired) electrons. The van der Waals surface area contributed by atoms with E-state index in [4.69, 9.17) is 22.0 Å². The minimum atomic E-state index is -4.67. The van der Waals surface area contributed by atoms with Crippen molar-refractivity contribution in [2.24, 2.45) is 0 Å². The van der Waals surface area contributed by atoms with Gasteiger partial charge in [-0.3, -0.25) is 14.3 Å². The number of aromatic nitrogens is 1. The Kier molecular flexibility index (Phi) is 7.39. The number of phosphoric acid groups is 1. The summed E-state index contributed by atoms with van der Waals surface area (Å²) in [5, 5.41) is 12.5. The number of nitrogens with zero attached hydrogens (tertiary/aromatic N) is 1. The summed E-state index contributed by atoms with van der Waals surface area (Å²) in [4.78, 5) is 33.3. The number of hydrogen-bond donors (Lipinski definition) is 4. The summed E-state index contributed by atoms with van der Waals surface area (Å²) in [6.07, 6.45) is 2.69. The molecule has 0 saturated carbocycles. The van der Waals surface area contributed by atoms with E-state index in [1.165, 1.54) is 12.3 Å². The monoisotopic (exact) mass is 386 g/mol. The van der Waals surface area contributed by atoms with Gasteiger partial charge in [0.1, 0.15) is 10.1 Å². The van der Waals surface area contributed by atoms with Crippen LogP contribution in [0.4, 0.5) is 0 Å². The van der Waals surface area contributed by atoms with Crippen LogP contribution in [0, 0.1) is 6.92 Å². The van der Waals surface area contributed by atoms with Crippen molar-refractivity contribution in [2.45, 2.75) is 13.5 Å². The third-order valence-electron chi connectivity index (χ3n) is 2.66. The van der Waals surface area contributed by atoms with E-state index in [-0.39, 0.29) is 55.7 Å². The first-order valence-corrected chi connectivity index (χ1v) is 8.55. The molecular weight excluding hydrogens is 374 g/mol. The molecule has 1 fully saturated rings. The maximum absolute atomic E-state index is 11.7. The Balaban J connectivity index is 0.00000264. The van der Waals surface area contributed by atoms with Crippen molar-refractivity contribution in [1.29, 1.82) is 0 Å². The third-order valence-corrected chi connectivity index (χ3v) is 4.29. The van der Waals surface area contributed by atoms with E-state index in [2.05, 4.69) is 14.8 Å². The van der Waals surface area contributed by atoms with Gasteiger partial charge in [-0.05, 0) is 13.0 Å². The average molecular weight is 386 g/mol. The summed E-state index contributed by atoms with van der Waals surface area (Å²) in [7, 11) is -4.67. The van der Waals surface area contributed by atoms with Gasteiger partial charge in [-0.15, -0.1) is 0 Å². The van der Waals surface area contributed by atoms with E-state index < -0.39 is 20.3 Å². The van der Waals surface area contributed by atoms with Crippen molar-refractivity contribution in [1.82, 2.24) is 10.3 Å². The van der Waals surface area contributed by atoms with Crippen LogP contribution in [-0.2, 0) is 20.5 Å². The van der Waals surface area contributed by atoms with Crippen molar-refractivity contribution < 1.29 is 28.8 Å². The fourth-order valence-corrected chi connectivity index (χ4v) is 2.97. The van der Waals surface area contributed by atoms with Gasteiger partial charge in [0.25, 0.3) is 5.91 Å². The van der Waals surface area contributed by atoms with Crippen LogP contribution in [0.2, 0.25) is 0 Å². The average Bonchev–Trinajstić information content (AvgIpc) is 2.71. The molecule has 23 heavy (non-hydrogen) atoms. The number of thiocarbonyl (C=S) groups is 1. The first-order chi connectivity index (χ1) is 10.2. The van der Waals surface area contributed by atoms with Crippen LogP contribution in [0.15, 0.2) is 11.1 Å². The molecule has 4 N–H and O–H groups in total. The molecule has 0 aromatic carbocycles. The number of hydrogen-bond acceptors (Lipinski definition) is 7. The Labute approximate surface area is 163 Å². The van der Waals surface area contributed by atoms with Crippen molar-refractivity contribution in [3.8, 4) is 5.75 Å². The van der Waals surface area contributed by atoms with Crippen LogP contribution in [0.5, 0.6) is 5.75 Å². The minimum absolute atomic E-state index is 0. The Morgan fingerprint density at radius 2 is 2.17 bits per heavy atom. The molecule has 2 heterocycles. The van der Waals surface area contributed by atoms with E-state index in [0.717, 1.165) is 11.8 Å². The van der Waals surface area contributed by atoms with Crippen LogP contribution >= 0.6 is 31.8 Å². The summed E-state index contributed by atoms with van der Waals surface area (Å²) >= 11 is 5.89. The zero-order chi connectivity index (χ0) is 16.5. The van der Waals surface area contributed by atoms with Crippen molar-refractivity contribution in [3.05, 3.63) is 27.9 Å². The van der Waals surface area contributed by atoms with Crippen molar-refractivity contribution in [3.63, 3.8) is 0 Å². The van der Waals surface area contributed by atoms with Gasteiger partial charge in [0.2, 0.25) is 0 Å². The summed E-state index contributed by atoms with van der Waals surface area (Å²) in [6.45, 7) is 1.08. The Hall–Kier alpha value is -0.290. The molecule has 12 heteroatoms. The predicted molar refractivity (Wildman–Crippen MR) is 90.9 cm³/mol. The third kappa shape index (κ3) is 5.63. The van der Waals surface area contributed by atoms with Crippen LogP contribution in [0.3, 0.4) is 0 Å². The molecular formula is C11H12N2NaO6PS2. The molecule has 0 spiro atoms. The number of phosphoric ester groups is 1. The molecule has 0 aliphatic carbocycles. The first-order valence-electron chi connectivity index (χ1n) is 5.80. The number of aryl methyl sites for hydroxylation is 1. The SMILES string of the molecule is Cc1ncc(COP(=O)(O)O)c(/C=C2\SC(=S)NC2=O)c1O.[NaH]. The van der Waals surface area contributed by atoms with Crippen LogP contribution in [0.25, 0.3) is 6.08 Å². The second-order valence-corrected chi connectivity index (χ2v) is 7.21. The number of nitrogens with one attached hydrogen (secondary N) is 1. The van der Waals surface area contributed by atoms with Crippen LogP contribution in [0.1, 0.15) is 16.8 Å². The van der Waals surface area contributed by atoms with E-state index in [9.17, 15) is 14.5 Å². The second-order valence-electron chi connectivity index (χ2n) is 4.25. The van der Waals surface area contributed by atoms with E-state index >= 15 is 0 Å². The van der Waals surface area contributed by atoms with Crippen LogP contribution < -0.4 is 5.32 Å². The number of thioether (sulfide) groups is 1. The summed E-state index contributed by atoms with van der Waals surface area (Å²) in [5.74, 6) is -0.615. The predicted octanol–water partition coefficient (Wildman–Crippen LogP) is 0.545. The number of aromatic hydroxyl groups is 1. The van der Waals surface area contributed by atoms with Crippen molar-refractivity contribution in [2.75, 3.05) is 0 Å². The quantitative estimate of drug-likeness (QED) is 0.254. The summed E-state index contributed by atoms with van der Waals surface area (Å²) < 4.78 is 15.5. The standard InChI is InChI=1S/C11H11N2O6PS2.Na.H/c1-5-9(14)7(2-8-10(15)13-11(21)22-8)6(3-12-5)4-19-20(16,17)18;;/h2-3,14H,4H2,1H3,(H,13,15,21)(H2,16,17,18);;/b8-2-;;. The van der Waals surface area contributed by atoms with Gasteiger partial charge in [0, 0.05) is 17.3 Å². The van der Waals surface area contributed by atoms with Crippen molar-refractivity contribution >= 4 is 77.7 Å². The molecule has 1 amide bonds. The molecule has 1 aliphatic heterocycles. The number of carbonyl (C=O) groups excluding carboxylic acids is 1. The van der Waals surface area contributed by atoms with Gasteiger partial charge < -0.3 is 20.2 Å². The maximum atomic E-state index is 11.7. The number of pyridine rings is 1. The number of carbonyl (C=O) groups is 1. The van der Waals surface area contributed by atoms with E-state index in [0.29, 0.717) is 5.69 Å². The molecule has 1 aliphatic rings. The van der Waals surface area contributed by atoms with Gasteiger partial charge in [-0.1, -0.05) is 24.0 Å².